The van der Waals surface area contributed by atoms with Gasteiger partial charge in [0.25, 0.3) is 0 Å². The minimum Gasteiger partial charge on any atom is -0.491 e. The summed E-state index contributed by atoms with van der Waals surface area (Å²) < 4.78 is 37.7. The lowest BCUT2D eigenvalue weighted by atomic mass is 10.2. The van der Waals surface area contributed by atoms with Crippen molar-refractivity contribution in [3.05, 3.63) is 47.5 Å². The molecule has 0 bridgehead atoms. The van der Waals surface area contributed by atoms with Gasteiger partial charge in [-0.2, -0.15) is 0 Å². The van der Waals surface area contributed by atoms with Crippen LogP contribution in [0.1, 0.15) is 12.5 Å². The topological polar surface area (TPSA) is 44.5 Å². The lowest BCUT2D eigenvalue weighted by molar-refractivity contribution is 0.319. The fourth-order valence-electron chi connectivity index (χ4n) is 1.71. The smallest absolute Gasteiger partial charge is 0.167 e. The van der Waals surface area contributed by atoms with Gasteiger partial charge in [0.05, 0.1) is 12.3 Å². The van der Waals surface area contributed by atoms with Crippen LogP contribution in [0.4, 0.5) is 14.5 Å². The minimum atomic E-state index is -0.582. The molecule has 0 amide bonds. The Morgan fingerprint density at radius 3 is 2.45 bits per heavy atom. The van der Waals surface area contributed by atoms with Crippen LogP contribution in [0.5, 0.6) is 17.2 Å². The fourth-order valence-corrected chi connectivity index (χ4v) is 1.71. The van der Waals surface area contributed by atoms with Crippen LogP contribution in [-0.2, 0) is 0 Å². The molecule has 0 saturated carbocycles. The van der Waals surface area contributed by atoms with Gasteiger partial charge in [0.2, 0.25) is 0 Å². The standard InChI is InChI=1S/C15H15F2NO2/c1-3-19-13-8-15(12(18)7-11(13)17)20-14-6-9(2)4-5-10(14)16/h4-8H,3,18H2,1-2H3. The van der Waals surface area contributed by atoms with E-state index in [4.69, 9.17) is 15.2 Å². The summed E-state index contributed by atoms with van der Waals surface area (Å²) in [6.07, 6.45) is 0. The van der Waals surface area contributed by atoms with Crippen LogP contribution in [0, 0.1) is 18.6 Å². The molecule has 2 aromatic carbocycles. The predicted molar refractivity (Wildman–Crippen MR) is 73.2 cm³/mol. The zero-order chi connectivity index (χ0) is 14.7. The van der Waals surface area contributed by atoms with Crippen molar-refractivity contribution in [2.24, 2.45) is 0 Å². The minimum absolute atomic E-state index is 0.0183. The van der Waals surface area contributed by atoms with Crippen molar-refractivity contribution >= 4 is 5.69 Å². The highest BCUT2D eigenvalue weighted by molar-refractivity contribution is 5.57. The Bertz CT molecular complexity index is 630. The van der Waals surface area contributed by atoms with Gasteiger partial charge in [-0.25, -0.2) is 8.78 Å². The van der Waals surface area contributed by atoms with Crippen molar-refractivity contribution in [2.75, 3.05) is 12.3 Å². The van der Waals surface area contributed by atoms with Gasteiger partial charge in [-0.3, -0.25) is 0 Å². The number of ether oxygens (including phenoxy) is 2. The van der Waals surface area contributed by atoms with Crippen LogP contribution < -0.4 is 15.2 Å². The monoisotopic (exact) mass is 279 g/mol. The summed E-state index contributed by atoms with van der Waals surface area (Å²) >= 11 is 0. The Morgan fingerprint density at radius 2 is 1.75 bits per heavy atom. The molecular weight excluding hydrogens is 264 g/mol. The maximum absolute atomic E-state index is 13.6. The van der Waals surface area contributed by atoms with Gasteiger partial charge in [0.1, 0.15) is 0 Å². The average molecular weight is 279 g/mol. The third kappa shape index (κ3) is 2.99. The number of anilines is 1. The van der Waals surface area contributed by atoms with E-state index in [1.165, 1.54) is 12.1 Å². The maximum atomic E-state index is 13.6. The summed E-state index contributed by atoms with van der Waals surface area (Å²) in [5, 5.41) is 0. The average Bonchev–Trinajstić information content (AvgIpc) is 2.39. The fraction of sp³-hybridized carbons (Fsp3) is 0.200. The molecule has 0 atom stereocenters. The highest BCUT2D eigenvalue weighted by Gasteiger charge is 2.12. The summed E-state index contributed by atoms with van der Waals surface area (Å²) in [4.78, 5) is 0. The number of halogens is 2. The van der Waals surface area contributed by atoms with E-state index in [0.717, 1.165) is 11.6 Å². The zero-order valence-corrected chi connectivity index (χ0v) is 11.2. The van der Waals surface area contributed by atoms with Gasteiger partial charge in [0.15, 0.2) is 28.9 Å². The molecule has 0 unspecified atom stereocenters. The molecule has 0 radical (unpaired) electrons. The second-order valence-corrected chi connectivity index (χ2v) is 4.29. The van der Waals surface area contributed by atoms with E-state index in [1.54, 1.807) is 19.1 Å². The predicted octanol–water partition coefficient (Wildman–Crippen LogP) is 4.05. The highest BCUT2D eigenvalue weighted by Crippen LogP contribution is 2.34. The second kappa shape index (κ2) is 5.77. The summed E-state index contributed by atoms with van der Waals surface area (Å²) in [5.41, 5.74) is 6.60. The molecule has 2 N–H and O–H groups in total. The Hall–Kier alpha value is -2.30. The van der Waals surface area contributed by atoms with E-state index in [0.29, 0.717) is 6.61 Å². The van der Waals surface area contributed by atoms with Crippen molar-refractivity contribution in [1.29, 1.82) is 0 Å². The molecular formula is C15H15F2NO2. The molecule has 2 aromatic rings. The Morgan fingerprint density at radius 1 is 1.00 bits per heavy atom. The third-order valence-electron chi connectivity index (χ3n) is 2.67. The first kappa shape index (κ1) is 14.1. The molecule has 0 spiro atoms. The molecule has 0 aliphatic rings. The van der Waals surface area contributed by atoms with Gasteiger partial charge in [0, 0.05) is 12.1 Å². The zero-order valence-electron chi connectivity index (χ0n) is 11.2. The number of hydrogen-bond acceptors (Lipinski definition) is 3. The van der Waals surface area contributed by atoms with Gasteiger partial charge < -0.3 is 15.2 Å². The SMILES string of the molecule is CCOc1cc(Oc2cc(C)ccc2F)c(N)cc1F. The number of aryl methyl sites for hydroxylation is 1. The van der Waals surface area contributed by atoms with Crippen molar-refractivity contribution < 1.29 is 18.3 Å². The van der Waals surface area contributed by atoms with E-state index >= 15 is 0 Å². The molecule has 20 heavy (non-hydrogen) atoms. The molecule has 2 rings (SSSR count). The second-order valence-electron chi connectivity index (χ2n) is 4.29. The van der Waals surface area contributed by atoms with Crippen LogP contribution in [-0.4, -0.2) is 6.61 Å². The Balaban J connectivity index is 2.37. The van der Waals surface area contributed by atoms with Crippen LogP contribution in [0.3, 0.4) is 0 Å². The Labute approximate surface area is 115 Å². The molecule has 0 aromatic heterocycles. The number of rotatable bonds is 4. The van der Waals surface area contributed by atoms with E-state index in [2.05, 4.69) is 0 Å². The number of nitrogens with two attached hydrogens (primary N) is 1. The first-order valence-electron chi connectivity index (χ1n) is 6.17. The first-order valence-corrected chi connectivity index (χ1v) is 6.17. The van der Waals surface area contributed by atoms with Gasteiger partial charge in [-0.15, -0.1) is 0 Å². The Kier molecular flexibility index (Phi) is 4.08. The summed E-state index contributed by atoms with van der Waals surface area (Å²) in [6, 6.07) is 6.87. The van der Waals surface area contributed by atoms with Gasteiger partial charge in [-0.05, 0) is 31.5 Å². The normalized spacial score (nSPS) is 10.4. The number of nitrogen functional groups attached to an aromatic ring is 1. The van der Waals surface area contributed by atoms with Gasteiger partial charge >= 0.3 is 0 Å². The maximum Gasteiger partial charge on any atom is 0.167 e. The van der Waals surface area contributed by atoms with Crippen molar-refractivity contribution in [2.45, 2.75) is 13.8 Å². The van der Waals surface area contributed by atoms with Gasteiger partial charge in [-0.1, -0.05) is 6.07 Å². The van der Waals surface area contributed by atoms with E-state index in [9.17, 15) is 8.78 Å². The quantitative estimate of drug-likeness (QED) is 0.859. The number of benzene rings is 2. The lowest BCUT2D eigenvalue weighted by Gasteiger charge is -2.12. The molecule has 0 heterocycles. The van der Waals surface area contributed by atoms with Crippen molar-refractivity contribution in [1.82, 2.24) is 0 Å². The molecule has 0 aliphatic carbocycles. The highest BCUT2D eigenvalue weighted by atomic mass is 19.1. The largest absolute Gasteiger partial charge is 0.491 e. The first-order chi connectivity index (χ1) is 9.51. The summed E-state index contributed by atoms with van der Waals surface area (Å²) in [7, 11) is 0. The molecule has 0 fully saturated rings. The van der Waals surface area contributed by atoms with Crippen molar-refractivity contribution in [3.8, 4) is 17.2 Å². The van der Waals surface area contributed by atoms with E-state index in [-0.39, 0.29) is 22.9 Å². The summed E-state index contributed by atoms with van der Waals surface area (Å²) in [6.45, 7) is 3.85. The van der Waals surface area contributed by atoms with Crippen LogP contribution >= 0.6 is 0 Å². The van der Waals surface area contributed by atoms with Crippen LogP contribution in [0.15, 0.2) is 30.3 Å². The lowest BCUT2D eigenvalue weighted by Crippen LogP contribution is -1.99. The molecule has 106 valence electrons. The molecule has 0 saturated heterocycles. The third-order valence-corrected chi connectivity index (χ3v) is 2.67. The van der Waals surface area contributed by atoms with Crippen molar-refractivity contribution in [3.63, 3.8) is 0 Å². The van der Waals surface area contributed by atoms with Crippen LogP contribution in [0.2, 0.25) is 0 Å². The summed E-state index contributed by atoms with van der Waals surface area (Å²) in [5.74, 6) is -0.895. The molecule has 5 heteroatoms. The number of hydrogen-bond donors (Lipinski definition) is 1. The molecule has 3 nitrogen and oxygen atoms in total. The van der Waals surface area contributed by atoms with E-state index < -0.39 is 11.6 Å². The van der Waals surface area contributed by atoms with Crippen LogP contribution in [0.25, 0.3) is 0 Å². The van der Waals surface area contributed by atoms with E-state index in [1.807, 2.05) is 6.92 Å². The molecule has 0 aliphatic heterocycles.